The zero-order valence-electron chi connectivity index (χ0n) is 16.1. The summed E-state index contributed by atoms with van der Waals surface area (Å²) in [7, 11) is 0. The number of nitrogen functional groups attached to an aromatic ring is 1. The molecule has 1 saturated carbocycles. The van der Waals surface area contributed by atoms with Gasteiger partial charge in [-0.15, -0.1) is 0 Å². The molecule has 0 aromatic carbocycles. The molecule has 4 heterocycles. The largest absolute Gasteiger partial charge is 0.394 e. The normalized spacial score (nSPS) is 27.0. The number of rotatable bonds is 4. The molecular weight excluding hydrogens is 375 g/mol. The summed E-state index contributed by atoms with van der Waals surface area (Å²) in [4.78, 5) is 13.2. The Morgan fingerprint density at radius 3 is 2.69 bits per heavy atom. The van der Waals surface area contributed by atoms with Gasteiger partial charge in [0.05, 0.1) is 18.1 Å². The molecule has 152 valence electrons. The quantitative estimate of drug-likeness (QED) is 0.696. The lowest BCUT2D eigenvalue weighted by atomic mass is 9.85. The summed E-state index contributed by atoms with van der Waals surface area (Å²) >= 11 is 0. The van der Waals surface area contributed by atoms with Gasteiger partial charge in [0.2, 0.25) is 0 Å². The third kappa shape index (κ3) is 3.51. The Bertz CT molecular complexity index is 1030. The third-order valence-electron chi connectivity index (χ3n) is 5.66. The van der Waals surface area contributed by atoms with Crippen LogP contribution in [-0.2, 0) is 9.47 Å². The van der Waals surface area contributed by atoms with Crippen LogP contribution in [0.25, 0.3) is 17.2 Å². The Morgan fingerprint density at radius 2 is 1.93 bits per heavy atom. The van der Waals surface area contributed by atoms with Gasteiger partial charge in [-0.3, -0.25) is 4.40 Å². The number of nitrogens with one attached hydrogen (secondary N) is 1. The van der Waals surface area contributed by atoms with Crippen LogP contribution in [0.3, 0.4) is 0 Å². The van der Waals surface area contributed by atoms with Gasteiger partial charge in [-0.25, -0.2) is 19.3 Å². The number of hydrogen-bond acceptors (Lipinski definition) is 7. The molecule has 3 N–H and O–H groups in total. The van der Waals surface area contributed by atoms with Crippen LogP contribution in [0.4, 0.5) is 15.9 Å². The van der Waals surface area contributed by atoms with E-state index in [1.54, 1.807) is 22.9 Å². The van der Waals surface area contributed by atoms with Crippen LogP contribution in [0.1, 0.15) is 32.6 Å². The van der Waals surface area contributed by atoms with Crippen LogP contribution in [0, 0.1) is 11.7 Å². The molecule has 1 saturated heterocycles. The van der Waals surface area contributed by atoms with Crippen LogP contribution in [0.5, 0.6) is 0 Å². The van der Waals surface area contributed by atoms with Crippen LogP contribution >= 0.6 is 0 Å². The maximum Gasteiger partial charge on any atom is 0.180 e. The second kappa shape index (κ2) is 7.23. The van der Waals surface area contributed by atoms with Crippen molar-refractivity contribution in [1.82, 2.24) is 19.4 Å². The molecule has 0 bridgehead atoms. The summed E-state index contributed by atoms with van der Waals surface area (Å²) in [5.74, 6) is 1.13. The van der Waals surface area contributed by atoms with Gasteiger partial charge >= 0.3 is 0 Å². The van der Waals surface area contributed by atoms with E-state index >= 15 is 0 Å². The number of pyridine rings is 1. The molecular formula is C20H23FN6O2. The first-order valence-electron chi connectivity index (χ1n) is 9.90. The number of hydrogen-bond donors (Lipinski definition) is 2. The van der Waals surface area contributed by atoms with E-state index in [4.69, 9.17) is 15.2 Å². The van der Waals surface area contributed by atoms with E-state index in [-0.39, 0.29) is 24.4 Å². The first kappa shape index (κ1) is 18.3. The molecule has 0 unspecified atom stereocenters. The van der Waals surface area contributed by atoms with Crippen molar-refractivity contribution in [3.8, 4) is 11.5 Å². The monoisotopic (exact) mass is 398 g/mol. The van der Waals surface area contributed by atoms with E-state index in [1.165, 1.54) is 12.3 Å². The summed E-state index contributed by atoms with van der Waals surface area (Å²) in [6, 6.07) is 3.26. The molecule has 0 amide bonds. The molecule has 1 aliphatic heterocycles. The van der Waals surface area contributed by atoms with E-state index in [2.05, 4.69) is 20.3 Å². The second-order valence-corrected chi connectivity index (χ2v) is 7.68. The molecule has 0 spiro atoms. The van der Waals surface area contributed by atoms with E-state index in [1.807, 2.05) is 6.92 Å². The fraction of sp³-hybridized carbons (Fsp3) is 0.450. The lowest BCUT2D eigenvalue weighted by Gasteiger charge is -2.41. The van der Waals surface area contributed by atoms with Gasteiger partial charge in [0, 0.05) is 18.2 Å². The van der Waals surface area contributed by atoms with Gasteiger partial charge < -0.3 is 20.5 Å². The molecule has 9 heteroatoms. The maximum atomic E-state index is 13.7. The minimum Gasteiger partial charge on any atom is -0.394 e. The van der Waals surface area contributed by atoms with Crippen molar-refractivity contribution < 1.29 is 13.9 Å². The maximum absolute atomic E-state index is 13.7. The Morgan fingerprint density at radius 1 is 1.14 bits per heavy atom. The number of anilines is 2. The molecule has 2 fully saturated rings. The molecule has 29 heavy (non-hydrogen) atoms. The van der Waals surface area contributed by atoms with Crippen molar-refractivity contribution in [2.45, 2.75) is 51.2 Å². The van der Waals surface area contributed by atoms with Gasteiger partial charge in [0.1, 0.15) is 17.2 Å². The Hall–Kier alpha value is -2.78. The van der Waals surface area contributed by atoms with Crippen LogP contribution in [-0.4, -0.2) is 38.0 Å². The summed E-state index contributed by atoms with van der Waals surface area (Å²) in [5.41, 5.74) is 7.83. The molecule has 0 radical (unpaired) electrons. The van der Waals surface area contributed by atoms with Gasteiger partial charge in [-0.1, -0.05) is 0 Å². The van der Waals surface area contributed by atoms with Gasteiger partial charge in [0.25, 0.3) is 0 Å². The average Bonchev–Trinajstić information content (AvgIpc) is 3.11. The van der Waals surface area contributed by atoms with Crippen LogP contribution in [0.15, 0.2) is 30.7 Å². The number of imidazole rings is 1. The van der Waals surface area contributed by atoms with Gasteiger partial charge in [0.15, 0.2) is 24.2 Å². The van der Waals surface area contributed by atoms with Crippen LogP contribution in [0.2, 0.25) is 0 Å². The SMILES string of the molecule is CC1OC(C2CCC(Nc3nc(-c4cnc5ccc(F)cn45)ncc3N)CC2)O1. The number of ether oxygens (including phenoxy) is 2. The number of aromatic nitrogens is 4. The average molecular weight is 398 g/mol. The molecule has 0 atom stereocenters. The van der Waals surface area contributed by atoms with Crippen molar-refractivity contribution >= 4 is 17.2 Å². The molecule has 2 aliphatic rings. The number of halogens is 1. The van der Waals surface area contributed by atoms with Crippen molar-refractivity contribution in [2.75, 3.05) is 11.1 Å². The summed E-state index contributed by atoms with van der Waals surface area (Å²) in [6.45, 7) is 1.91. The topological polar surface area (TPSA) is 99.6 Å². The highest BCUT2D eigenvalue weighted by atomic mass is 19.1. The van der Waals surface area contributed by atoms with Crippen molar-refractivity contribution in [2.24, 2.45) is 5.92 Å². The van der Waals surface area contributed by atoms with E-state index in [9.17, 15) is 4.39 Å². The smallest absolute Gasteiger partial charge is 0.180 e. The number of nitrogens with zero attached hydrogens (tertiary/aromatic N) is 4. The highest BCUT2D eigenvalue weighted by molar-refractivity contribution is 5.65. The fourth-order valence-corrected chi connectivity index (χ4v) is 4.09. The standard InChI is InChI=1S/C20H23FN6O2/c1-11-28-20(29-11)12-2-5-14(6-3-12)25-18-15(22)8-24-19(26-18)16-9-23-17-7-4-13(21)10-27(16)17/h4,7-12,14,20H,2-3,5-6,22H2,1H3,(H,24,25,26). The predicted octanol–water partition coefficient (Wildman–Crippen LogP) is 3.20. The summed E-state index contributed by atoms with van der Waals surface area (Å²) in [6.07, 6.45) is 8.47. The predicted molar refractivity (Wildman–Crippen MR) is 105 cm³/mol. The number of fused-ring (bicyclic) bond motifs is 1. The zero-order valence-corrected chi connectivity index (χ0v) is 16.1. The van der Waals surface area contributed by atoms with Crippen molar-refractivity contribution in [1.29, 1.82) is 0 Å². The molecule has 5 rings (SSSR count). The van der Waals surface area contributed by atoms with E-state index in [0.29, 0.717) is 34.6 Å². The first-order chi connectivity index (χ1) is 14.1. The minimum atomic E-state index is -0.351. The Kier molecular flexibility index (Phi) is 4.56. The Balaban J connectivity index is 1.32. The zero-order chi connectivity index (χ0) is 20.0. The van der Waals surface area contributed by atoms with Crippen molar-refractivity contribution in [3.63, 3.8) is 0 Å². The molecule has 3 aromatic heterocycles. The minimum absolute atomic E-state index is 0.0581. The lowest BCUT2D eigenvalue weighted by Crippen LogP contribution is -2.45. The number of nitrogens with two attached hydrogens (primary N) is 1. The first-order valence-corrected chi connectivity index (χ1v) is 9.90. The van der Waals surface area contributed by atoms with E-state index in [0.717, 1.165) is 25.7 Å². The summed E-state index contributed by atoms with van der Waals surface area (Å²) < 4.78 is 26.6. The highest BCUT2D eigenvalue weighted by Crippen LogP contribution is 2.35. The third-order valence-corrected chi connectivity index (χ3v) is 5.66. The molecule has 1 aliphatic carbocycles. The Labute approximate surface area is 167 Å². The summed E-state index contributed by atoms with van der Waals surface area (Å²) in [5, 5.41) is 3.45. The van der Waals surface area contributed by atoms with Crippen molar-refractivity contribution in [3.05, 3.63) is 36.5 Å². The lowest BCUT2D eigenvalue weighted by molar-refractivity contribution is -0.394. The van der Waals surface area contributed by atoms with Gasteiger partial charge in [-0.2, -0.15) is 0 Å². The second-order valence-electron chi connectivity index (χ2n) is 7.68. The highest BCUT2D eigenvalue weighted by Gasteiger charge is 2.36. The fourth-order valence-electron chi connectivity index (χ4n) is 4.09. The van der Waals surface area contributed by atoms with Crippen LogP contribution < -0.4 is 11.1 Å². The van der Waals surface area contributed by atoms with Gasteiger partial charge in [-0.05, 0) is 44.7 Å². The molecule has 3 aromatic rings. The molecule has 8 nitrogen and oxygen atoms in total. The van der Waals surface area contributed by atoms with E-state index < -0.39 is 0 Å².